The van der Waals surface area contributed by atoms with E-state index in [9.17, 15) is 0 Å². The van der Waals surface area contributed by atoms with Crippen LogP contribution in [0.3, 0.4) is 0 Å². The topological polar surface area (TPSA) is 0 Å². The minimum absolute atomic E-state index is 0.0232. The average molecular weight is 1340 g/mol. The molecule has 16 aliphatic carbocycles. The Bertz CT molecular complexity index is 2630. The highest BCUT2D eigenvalue weighted by Crippen LogP contribution is 2.51. The van der Waals surface area contributed by atoms with Crippen LogP contribution in [0.2, 0.25) is 0 Å². The fourth-order valence-electron chi connectivity index (χ4n) is 23.3. The van der Waals surface area contributed by atoms with E-state index in [-0.39, 0.29) is 61.0 Å². The predicted octanol–water partition coefficient (Wildman–Crippen LogP) is 30.9. The molecular weight excluding hydrogens is 1150 g/mol. The molecule has 36 atom stereocenters. The molecule has 16 rings (SSSR count). The molecule has 0 heterocycles. The molecule has 36 unspecified atom stereocenters. The maximum absolute atomic E-state index is 8.51. The van der Waals surface area contributed by atoms with Crippen LogP contribution in [0.1, 0.15) is 438 Å². The molecule has 0 spiro atoms. The minimum atomic E-state index is -1.10. The summed E-state index contributed by atoms with van der Waals surface area (Å²) in [6.45, 7) is 36.2. The molecule has 0 aromatic rings. The molecule has 0 N–H and O–H groups in total. The fraction of sp³-hybridized carbons (Fsp3) is 1.00. The highest BCUT2D eigenvalue weighted by Gasteiger charge is 2.40. The number of hydrogen-bond acceptors (Lipinski definition) is 0. The highest BCUT2D eigenvalue weighted by atomic mass is 14.5. The van der Waals surface area contributed by atoms with Gasteiger partial charge in [-0.3, -0.25) is 0 Å². The Labute approximate surface area is 624 Å². The fourth-order valence-corrected chi connectivity index (χ4v) is 23.3. The lowest BCUT2D eigenvalue weighted by atomic mass is 9.65. The molecule has 560 valence electrons. The first-order chi connectivity index (χ1) is 51.3. The van der Waals surface area contributed by atoms with Crippen LogP contribution in [-0.2, 0) is 0 Å². The van der Waals surface area contributed by atoms with E-state index in [1.165, 1.54) is 161 Å². The zero-order valence-electron chi connectivity index (χ0n) is 81.0. The van der Waals surface area contributed by atoms with Crippen LogP contribution in [0.25, 0.3) is 0 Å². The Morgan fingerprint density at radius 1 is 0.156 bits per heavy atom. The van der Waals surface area contributed by atoms with E-state index in [1.807, 2.05) is 6.92 Å². The van der Waals surface area contributed by atoms with E-state index in [2.05, 4.69) is 104 Å². The summed E-state index contributed by atoms with van der Waals surface area (Å²) in [6.07, 6.45) is 46.1. The lowest BCUT2D eigenvalue weighted by Crippen LogP contribution is -2.29. The Hall–Kier alpha value is 0. The van der Waals surface area contributed by atoms with Crippen LogP contribution in [0, 0.1) is 189 Å². The van der Waals surface area contributed by atoms with E-state index in [1.54, 1.807) is 0 Å². The molecule has 0 bridgehead atoms. The third kappa shape index (κ3) is 26.2. The quantitative estimate of drug-likeness (QED) is 0.227. The highest BCUT2D eigenvalue weighted by molar-refractivity contribution is 4.91. The summed E-state index contributed by atoms with van der Waals surface area (Å²) in [7, 11) is 0. The van der Waals surface area contributed by atoms with Gasteiger partial charge in [-0.15, -0.1) is 0 Å². The summed E-state index contributed by atoms with van der Waals surface area (Å²) in [5.74, 6) is 17.2. The summed E-state index contributed by atoms with van der Waals surface area (Å²) < 4.78 is 115. The largest absolute Gasteiger partial charge is 0.0625 e. The zero-order valence-corrected chi connectivity index (χ0v) is 67.0. The van der Waals surface area contributed by atoms with Crippen molar-refractivity contribution in [3.63, 3.8) is 0 Å². The van der Waals surface area contributed by atoms with Gasteiger partial charge in [0.05, 0.1) is 0 Å². The van der Waals surface area contributed by atoms with Gasteiger partial charge in [0.15, 0.2) is 0 Å². The predicted molar refractivity (Wildman–Crippen MR) is 424 cm³/mol. The van der Waals surface area contributed by atoms with Crippen molar-refractivity contribution < 1.29 is 19.2 Å². The van der Waals surface area contributed by atoms with Crippen LogP contribution in [0.5, 0.6) is 0 Å². The number of rotatable bonds is 0. The SMILES string of the molecule is [2H]C1([2H])CC(C)CC2([2H])CCC(C)CC12.[2H]C1([2H])CC(C)CC2CCC(C)CC21.[2H]C12CCC(C)CC1CCC(C)C2.[2H]C12CCC(C)CC1CCC(C)C2.[2H]C1CC(C)CC2([2H])CCC(C)CC12.[2H]C1CC(C)CC2CCC(C)CC12.[2H]C1CC(C)CC2CCC(C)CC12.[2H]C1CC2CC(C)CCC2C([2H])([2H])C1C. The summed E-state index contributed by atoms with van der Waals surface area (Å²) >= 11 is 0. The Morgan fingerprint density at radius 2 is 0.385 bits per heavy atom. The van der Waals surface area contributed by atoms with Crippen LogP contribution in [-0.4, -0.2) is 0 Å². The molecule has 0 nitrogen and oxygen atoms in total. The summed E-state index contributed by atoms with van der Waals surface area (Å²) in [5.41, 5.74) is 0. The molecule has 0 heteroatoms. The van der Waals surface area contributed by atoms with Crippen molar-refractivity contribution >= 4 is 0 Å². The second-order valence-electron chi connectivity index (χ2n) is 40.0. The summed E-state index contributed by atoms with van der Waals surface area (Å²) in [5, 5.41) is 0. The second-order valence-corrected chi connectivity index (χ2v) is 40.0. The Balaban J connectivity index is 0.000000145. The van der Waals surface area contributed by atoms with Crippen LogP contribution in [0.4, 0.5) is 0 Å². The monoisotopic (exact) mass is 1340 g/mol. The van der Waals surface area contributed by atoms with Crippen molar-refractivity contribution in [3.8, 4) is 0 Å². The molecule has 0 saturated heterocycles. The molecule has 16 saturated carbocycles. The van der Waals surface area contributed by atoms with Gasteiger partial charge in [-0.2, -0.15) is 0 Å². The first kappa shape index (κ1) is 62.2. The average Bonchev–Trinajstić information content (AvgIpc) is 0.756. The van der Waals surface area contributed by atoms with Gasteiger partial charge in [-0.1, -0.05) is 213 Å². The normalized spacial score (nSPS) is 58.3. The lowest BCUT2D eigenvalue weighted by molar-refractivity contribution is 0.109. The molecular formula is C96H176. The van der Waals surface area contributed by atoms with Crippen molar-refractivity contribution in [1.29, 1.82) is 0 Å². The summed E-state index contributed by atoms with van der Waals surface area (Å²) in [6, 6.07) is 0. The zero-order chi connectivity index (χ0) is 81.0. The van der Waals surface area contributed by atoms with Crippen molar-refractivity contribution in [2.45, 2.75) is 419 Å². The lowest BCUT2D eigenvalue weighted by Gasteiger charge is -2.40. The molecule has 0 aromatic heterocycles. The minimum Gasteiger partial charge on any atom is -0.0625 e. The first-order valence-electron chi connectivity index (χ1n) is 51.3. The van der Waals surface area contributed by atoms with Gasteiger partial charge in [0.1, 0.15) is 0 Å². The molecule has 0 amide bonds. The first-order valence-corrected chi connectivity index (χ1v) is 44.0. The van der Waals surface area contributed by atoms with E-state index in [4.69, 9.17) is 19.2 Å². The van der Waals surface area contributed by atoms with Crippen molar-refractivity contribution in [1.82, 2.24) is 0 Å². The molecule has 96 heavy (non-hydrogen) atoms. The van der Waals surface area contributed by atoms with Gasteiger partial charge in [0.25, 0.3) is 0 Å². The van der Waals surface area contributed by atoms with E-state index >= 15 is 0 Å². The van der Waals surface area contributed by atoms with Crippen molar-refractivity contribution in [3.05, 3.63) is 0 Å². The van der Waals surface area contributed by atoms with Gasteiger partial charge in [-0.25, -0.2) is 0 Å². The third-order valence-electron chi connectivity index (χ3n) is 29.6. The van der Waals surface area contributed by atoms with Gasteiger partial charge in [0.2, 0.25) is 0 Å². The van der Waals surface area contributed by atoms with Gasteiger partial charge < -0.3 is 0 Å². The van der Waals surface area contributed by atoms with Crippen LogP contribution in [0.15, 0.2) is 0 Å². The van der Waals surface area contributed by atoms with Gasteiger partial charge in [0, 0.05) is 19.2 Å². The molecule has 16 fully saturated rings. The molecule has 0 aliphatic heterocycles. The van der Waals surface area contributed by atoms with Crippen molar-refractivity contribution in [2.24, 2.45) is 189 Å². The Morgan fingerprint density at radius 3 is 0.812 bits per heavy atom. The van der Waals surface area contributed by atoms with E-state index < -0.39 is 25.0 Å². The molecule has 0 aromatic carbocycles. The van der Waals surface area contributed by atoms with Crippen molar-refractivity contribution in [2.75, 3.05) is 0 Å². The smallest absolute Gasteiger partial charge is 0.0306 e. The summed E-state index contributed by atoms with van der Waals surface area (Å²) in [4.78, 5) is 0. The van der Waals surface area contributed by atoms with Crippen LogP contribution >= 0.6 is 0 Å². The maximum Gasteiger partial charge on any atom is 0.0306 e. The van der Waals surface area contributed by atoms with E-state index in [0.717, 1.165) is 197 Å². The second kappa shape index (κ2) is 40.5. The van der Waals surface area contributed by atoms with Gasteiger partial charge >= 0.3 is 0 Å². The number of hydrogen-bond donors (Lipinski definition) is 0. The number of fused-ring (bicyclic) bond motifs is 8. The molecule has 0 radical (unpaired) electrons. The van der Waals surface area contributed by atoms with Gasteiger partial charge in [-0.05, 0) is 395 Å². The van der Waals surface area contributed by atoms with Crippen LogP contribution < -0.4 is 0 Å². The molecule has 16 aliphatic rings. The third-order valence-corrected chi connectivity index (χ3v) is 29.6. The van der Waals surface area contributed by atoms with E-state index in [0.29, 0.717) is 53.8 Å². The maximum atomic E-state index is 8.51. The Kier molecular flexibility index (Phi) is 26.2. The standard InChI is InChI=1S/8C12H22/c8*1-9-3-5-12-8-10(2)4-6-11(12)7-9/h8*9-12H,3-8H2,1-2H3/i5D2,11D;5D,11D;3D,7D2;2*11D;5D2;2*5D.